The predicted octanol–water partition coefficient (Wildman–Crippen LogP) is 4.16. The maximum atomic E-state index is 13.1. The number of carbonyl (C=O) groups excluding carboxylic acids is 2. The zero-order chi connectivity index (χ0) is 34.7. The van der Waals surface area contributed by atoms with Crippen molar-refractivity contribution in [1.29, 1.82) is 0 Å². The van der Waals surface area contributed by atoms with Gasteiger partial charge in [0.05, 0.1) is 28.6 Å². The molecule has 1 aliphatic carbocycles. The minimum absolute atomic E-state index is 0.0331. The van der Waals surface area contributed by atoms with Crippen LogP contribution in [0.25, 0.3) is 0 Å². The summed E-state index contributed by atoms with van der Waals surface area (Å²) >= 11 is -0.750. The number of sulfone groups is 1. The molecule has 12 nitrogen and oxygen atoms in total. The molecule has 0 amide bonds. The zero-order valence-corrected chi connectivity index (χ0v) is 28.2. The van der Waals surface area contributed by atoms with Crippen LogP contribution in [0.4, 0.5) is 0 Å². The Morgan fingerprint density at radius 1 is 0.771 bits per heavy atom. The van der Waals surface area contributed by atoms with Gasteiger partial charge in [0, 0.05) is 18.2 Å². The van der Waals surface area contributed by atoms with Crippen molar-refractivity contribution in [2.45, 2.75) is 37.3 Å². The fraction of sp³-hybridized carbons (Fsp3) is 0.294. The lowest BCUT2D eigenvalue weighted by molar-refractivity contribution is 0.0971. The number of fused-ring (bicyclic) bond motifs is 3. The highest BCUT2D eigenvalue weighted by Gasteiger charge is 2.34. The molecule has 2 aliphatic rings. The van der Waals surface area contributed by atoms with Gasteiger partial charge in [0.2, 0.25) is 11.6 Å². The molecule has 48 heavy (non-hydrogen) atoms. The molecule has 0 atom stereocenters. The number of hydrogen-bond donors (Lipinski definition) is 0. The zero-order valence-electron chi connectivity index (χ0n) is 26.6. The fourth-order valence-corrected chi connectivity index (χ4v) is 6.22. The SMILES string of the molecule is CCc1ccc2c(c1)OCCO2.CCc1nc2c(nc1CS(=O)(=O)c1ccc(OCCOC)cc1)C(=O)c1ccccc1C2=O.O=S=O. The van der Waals surface area contributed by atoms with Crippen LogP contribution in [-0.4, -0.2) is 71.9 Å². The molecule has 1 aliphatic heterocycles. The van der Waals surface area contributed by atoms with Crippen molar-refractivity contribution in [2.24, 2.45) is 0 Å². The van der Waals surface area contributed by atoms with Crippen molar-refractivity contribution in [3.63, 3.8) is 0 Å². The van der Waals surface area contributed by atoms with Crippen molar-refractivity contribution in [1.82, 2.24) is 9.97 Å². The molecule has 0 fully saturated rings. The highest BCUT2D eigenvalue weighted by atomic mass is 32.2. The second kappa shape index (κ2) is 16.9. The summed E-state index contributed by atoms with van der Waals surface area (Å²) < 4.78 is 64.0. The molecule has 0 unspecified atom stereocenters. The molecule has 6 rings (SSSR count). The molecule has 14 heteroatoms. The van der Waals surface area contributed by atoms with Gasteiger partial charge in [0.1, 0.15) is 37.0 Å². The summed E-state index contributed by atoms with van der Waals surface area (Å²) in [6.07, 6.45) is 1.40. The number of rotatable bonds is 9. The quantitative estimate of drug-likeness (QED) is 0.203. The van der Waals surface area contributed by atoms with Crippen LogP contribution in [0, 0.1) is 0 Å². The van der Waals surface area contributed by atoms with E-state index in [4.69, 9.17) is 27.4 Å². The molecule has 252 valence electrons. The molecule has 0 bridgehead atoms. The van der Waals surface area contributed by atoms with E-state index in [0.717, 1.165) is 17.9 Å². The predicted molar refractivity (Wildman–Crippen MR) is 175 cm³/mol. The molecule has 0 saturated heterocycles. The molecule has 0 spiro atoms. The minimum Gasteiger partial charge on any atom is -0.491 e. The van der Waals surface area contributed by atoms with Crippen molar-refractivity contribution in [2.75, 3.05) is 33.5 Å². The van der Waals surface area contributed by atoms with Crippen LogP contribution in [0.3, 0.4) is 0 Å². The Morgan fingerprint density at radius 2 is 1.35 bits per heavy atom. The second-order valence-electron chi connectivity index (χ2n) is 10.3. The van der Waals surface area contributed by atoms with Gasteiger partial charge in [-0.3, -0.25) is 9.59 Å². The Labute approximate surface area is 282 Å². The van der Waals surface area contributed by atoms with E-state index >= 15 is 0 Å². The van der Waals surface area contributed by atoms with Gasteiger partial charge in [0.15, 0.2) is 21.3 Å². The summed E-state index contributed by atoms with van der Waals surface area (Å²) in [5, 5.41) is 0. The third-order valence-electron chi connectivity index (χ3n) is 7.31. The number of hydrogen-bond acceptors (Lipinski definition) is 12. The first kappa shape index (κ1) is 36.1. The number of aryl methyl sites for hydroxylation is 2. The number of aromatic nitrogens is 2. The maximum Gasteiger partial charge on any atom is 0.335 e. The average Bonchev–Trinajstić information content (AvgIpc) is 3.11. The molecule has 1 aromatic heterocycles. The standard InChI is InChI=1S/C24H22N2O6S.C10H12O2.O2S/c1-3-19-20(14-33(29,30)16-10-8-15(9-11-16)32-13-12-31-2)26-22-21(25-19)23(27)17-6-4-5-7-18(17)24(22)28;1-2-8-3-4-9-10(7-8)12-6-5-11-9;1-3-2/h4-11H,3,12-14H2,1-2H3;3-4,7H,2,5-6H2,1H3;. The Morgan fingerprint density at radius 3 is 1.92 bits per heavy atom. The highest BCUT2D eigenvalue weighted by Crippen LogP contribution is 2.31. The van der Waals surface area contributed by atoms with Crippen LogP contribution in [-0.2, 0) is 44.7 Å². The van der Waals surface area contributed by atoms with Gasteiger partial charge in [-0.05, 0) is 54.8 Å². The number of benzene rings is 3. The summed E-state index contributed by atoms with van der Waals surface area (Å²) in [5.74, 6) is 1.02. The average molecular weight is 695 g/mol. The van der Waals surface area contributed by atoms with Crippen molar-refractivity contribution >= 4 is 33.0 Å². The molecule has 0 radical (unpaired) electrons. The number of carbonyl (C=O) groups is 2. The third-order valence-corrected chi connectivity index (χ3v) is 8.96. The summed E-state index contributed by atoms with van der Waals surface area (Å²) in [5.41, 5.74) is 2.21. The van der Waals surface area contributed by atoms with E-state index in [-0.39, 0.29) is 38.9 Å². The van der Waals surface area contributed by atoms with Gasteiger partial charge in [-0.15, -0.1) is 0 Å². The van der Waals surface area contributed by atoms with Crippen molar-refractivity contribution < 1.29 is 45.4 Å². The Bertz CT molecular complexity index is 1920. The van der Waals surface area contributed by atoms with Crippen LogP contribution in [0.1, 0.15) is 62.9 Å². The third kappa shape index (κ3) is 8.56. The first-order valence-corrected chi connectivity index (χ1v) is 17.3. The molecule has 3 aromatic carbocycles. The minimum atomic E-state index is -3.78. The monoisotopic (exact) mass is 694 g/mol. The van der Waals surface area contributed by atoms with Crippen molar-refractivity contribution in [3.05, 3.63) is 106 Å². The van der Waals surface area contributed by atoms with E-state index in [1.54, 1.807) is 50.4 Å². The van der Waals surface area contributed by atoms with Crippen molar-refractivity contribution in [3.8, 4) is 17.2 Å². The van der Waals surface area contributed by atoms with E-state index < -0.39 is 32.9 Å². The first-order chi connectivity index (χ1) is 23.2. The lowest BCUT2D eigenvalue weighted by atomic mass is 9.89. The van der Waals surface area contributed by atoms with Crippen LogP contribution < -0.4 is 14.2 Å². The van der Waals surface area contributed by atoms with Gasteiger partial charge in [-0.2, -0.15) is 8.42 Å². The van der Waals surface area contributed by atoms with Crippen LogP contribution in [0.5, 0.6) is 17.2 Å². The van der Waals surface area contributed by atoms with E-state index in [1.165, 1.54) is 17.7 Å². The molecule has 0 saturated carbocycles. The largest absolute Gasteiger partial charge is 0.491 e. The van der Waals surface area contributed by atoms with Gasteiger partial charge in [0.25, 0.3) is 0 Å². The lowest BCUT2D eigenvalue weighted by Gasteiger charge is -2.18. The summed E-state index contributed by atoms with van der Waals surface area (Å²) in [4.78, 5) is 34.6. The fourth-order valence-electron chi connectivity index (χ4n) is 4.91. The van der Waals surface area contributed by atoms with Crippen LogP contribution in [0.2, 0.25) is 0 Å². The number of ketones is 2. The lowest BCUT2D eigenvalue weighted by Crippen LogP contribution is -2.26. The Balaban J connectivity index is 0.000000286. The molecule has 2 heterocycles. The van der Waals surface area contributed by atoms with Gasteiger partial charge < -0.3 is 18.9 Å². The maximum absolute atomic E-state index is 13.1. The van der Waals surface area contributed by atoms with Gasteiger partial charge >= 0.3 is 11.6 Å². The molecule has 0 N–H and O–H groups in total. The summed E-state index contributed by atoms with van der Waals surface area (Å²) in [6.45, 7) is 6.03. The number of methoxy groups -OCH3 is 1. The first-order valence-electron chi connectivity index (χ1n) is 15.0. The van der Waals surface area contributed by atoms with Crippen LogP contribution >= 0.6 is 0 Å². The van der Waals surface area contributed by atoms with Crippen LogP contribution in [0.15, 0.2) is 71.6 Å². The highest BCUT2D eigenvalue weighted by molar-refractivity contribution is 7.90. The topological polar surface area (TPSA) is 165 Å². The summed E-state index contributed by atoms with van der Waals surface area (Å²) in [6, 6.07) is 18.6. The van der Waals surface area contributed by atoms with E-state index in [1.807, 2.05) is 6.07 Å². The molecular weight excluding hydrogens is 661 g/mol. The van der Waals surface area contributed by atoms with E-state index in [0.29, 0.717) is 44.3 Å². The smallest absolute Gasteiger partial charge is 0.335 e. The summed E-state index contributed by atoms with van der Waals surface area (Å²) in [7, 11) is -2.22. The molecular formula is C34H34N2O10S2. The molecule has 4 aromatic rings. The second-order valence-corrected chi connectivity index (χ2v) is 12.5. The van der Waals surface area contributed by atoms with Gasteiger partial charge in [-0.25, -0.2) is 18.4 Å². The normalized spacial score (nSPS) is 12.7. The Hall–Kier alpha value is -4.79. The number of nitrogens with zero attached hydrogens (tertiary/aromatic N) is 2. The van der Waals surface area contributed by atoms with E-state index in [9.17, 15) is 18.0 Å². The van der Waals surface area contributed by atoms with Gasteiger partial charge in [-0.1, -0.05) is 44.2 Å². The Kier molecular flexibility index (Phi) is 12.7. The van der Waals surface area contributed by atoms with E-state index in [2.05, 4.69) is 29.0 Å². The number of ether oxygens (including phenoxy) is 4.